The SMILES string of the molecule is CN(C(=O)c1ccc(Br)o1)c1nc2ccccc2s1. The standard InChI is InChI=1S/C13H9BrN2O2S/c1-16(12(17)9-6-7-11(14)18-9)13-15-8-4-2-3-5-10(8)19-13/h2-7H,1H3. The Bertz CT molecular complexity index is 717. The Labute approximate surface area is 121 Å². The third kappa shape index (κ3) is 2.29. The molecule has 4 nitrogen and oxygen atoms in total. The maximum absolute atomic E-state index is 12.2. The van der Waals surface area contributed by atoms with Crippen molar-refractivity contribution in [2.75, 3.05) is 11.9 Å². The number of furan rings is 1. The Hall–Kier alpha value is -1.66. The average Bonchev–Trinajstić information content (AvgIpc) is 3.02. The smallest absolute Gasteiger partial charge is 0.295 e. The van der Waals surface area contributed by atoms with Gasteiger partial charge in [0.05, 0.1) is 10.2 Å². The van der Waals surface area contributed by atoms with Crippen molar-refractivity contribution < 1.29 is 9.21 Å². The molecule has 1 amide bonds. The number of halogens is 1. The molecule has 2 heterocycles. The second-order valence-corrected chi connectivity index (χ2v) is 5.72. The van der Waals surface area contributed by atoms with Crippen molar-refractivity contribution in [3.05, 3.63) is 46.8 Å². The maximum atomic E-state index is 12.2. The van der Waals surface area contributed by atoms with Crippen molar-refractivity contribution in [1.82, 2.24) is 4.98 Å². The van der Waals surface area contributed by atoms with Crippen molar-refractivity contribution in [3.8, 4) is 0 Å². The fraction of sp³-hybridized carbons (Fsp3) is 0.0769. The Morgan fingerprint density at radius 3 is 2.79 bits per heavy atom. The van der Waals surface area contributed by atoms with E-state index in [0.717, 1.165) is 10.2 Å². The van der Waals surface area contributed by atoms with Crippen molar-refractivity contribution >= 4 is 48.5 Å². The van der Waals surface area contributed by atoms with Crippen LogP contribution in [0.2, 0.25) is 0 Å². The van der Waals surface area contributed by atoms with E-state index in [-0.39, 0.29) is 11.7 Å². The van der Waals surface area contributed by atoms with Gasteiger partial charge in [-0.2, -0.15) is 0 Å². The van der Waals surface area contributed by atoms with Crippen LogP contribution >= 0.6 is 27.3 Å². The van der Waals surface area contributed by atoms with Crippen LogP contribution in [-0.4, -0.2) is 17.9 Å². The summed E-state index contributed by atoms with van der Waals surface area (Å²) in [5, 5.41) is 0.652. The van der Waals surface area contributed by atoms with Crippen LogP contribution < -0.4 is 4.90 Å². The summed E-state index contributed by atoms with van der Waals surface area (Å²) in [4.78, 5) is 18.1. The molecule has 0 radical (unpaired) electrons. The summed E-state index contributed by atoms with van der Waals surface area (Å²) in [6.45, 7) is 0. The van der Waals surface area contributed by atoms with Crippen LogP contribution in [0.4, 0.5) is 5.13 Å². The summed E-state index contributed by atoms with van der Waals surface area (Å²) >= 11 is 4.66. The highest BCUT2D eigenvalue weighted by Crippen LogP contribution is 2.29. The zero-order chi connectivity index (χ0) is 13.4. The highest BCUT2D eigenvalue weighted by molar-refractivity contribution is 9.10. The lowest BCUT2D eigenvalue weighted by molar-refractivity contribution is 0.0965. The summed E-state index contributed by atoms with van der Waals surface area (Å²) in [5.41, 5.74) is 0.891. The van der Waals surface area contributed by atoms with Gasteiger partial charge in [-0.15, -0.1) is 0 Å². The minimum atomic E-state index is -0.218. The number of para-hydroxylation sites is 1. The van der Waals surface area contributed by atoms with Gasteiger partial charge in [-0.3, -0.25) is 9.69 Å². The fourth-order valence-corrected chi connectivity index (χ4v) is 2.92. The van der Waals surface area contributed by atoms with Crippen LogP contribution in [0.1, 0.15) is 10.6 Å². The van der Waals surface area contributed by atoms with Crippen molar-refractivity contribution in [2.24, 2.45) is 0 Å². The number of amides is 1. The molecule has 0 aliphatic carbocycles. The third-order valence-electron chi connectivity index (χ3n) is 2.66. The van der Waals surface area contributed by atoms with E-state index in [1.807, 2.05) is 24.3 Å². The molecule has 0 fully saturated rings. The molecule has 19 heavy (non-hydrogen) atoms. The fourth-order valence-electron chi connectivity index (χ4n) is 1.68. The number of thiazole rings is 1. The molecule has 1 aromatic carbocycles. The van der Waals surface area contributed by atoms with Gasteiger partial charge in [-0.05, 0) is 40.2 Å². The predicted molar refractivity (Wildman–Crippen MR) is 78.8 cm³/mol. The maximum Gasteiger partial charge on any atom is 0.295 e. The number of anilines is 1. The Morgan fingerprint density at radius 1 is 1.32 bits per heavy atom. The van der Waals surface area contributed by atoms with Crippen LogP contribution in [-0.2, 0) is 0 Å². The van der Waals surface area contributed by atoms with Gasteiger partial charge >= 0.3 is 0 Å². The first-order valence-corrected chi connectivity index (χ1v) is 7.15. The van der Waals surface area contributed by atoms with E-state index in [1.54, 1.807) is 19.2 Å². The van der Waals surface area contributed by atoms with Gasteiger partial charge in [0.1, 0.15) is 0 Å². The Balaban J connectivity index is 1.94. The number of benzene rings is 1. The lowest BCUT2D eigenvalue weighted by atomic mass is 10.3. The zero-order valence-corrected chi connectivity index (χ0v) is 12.4. The molecule has 6 heteroatoms. The van der Waals surface area contributed by atoms with Gasteiger partial charge in [-0.25, -0.2) is 4.98 Å². The minimum absolute atomic E-state index is 0.218. The van der Waals surface area contributed by atoms with Crippen LogP contribution in [0.5, 0.6) is 0 Å². The summed E-state index contributed by atoms with van der Waals surface area (Å²) in [6.07, 6.45) is 0. The second-order valence-electron chi connectivity index (χ2n) is 3.93. The first-order valence-electron chi connectivity index (χ1n) is 5.54. The number of aromatic nitrogens is 1. The molecule has 3 rings (SSSR count). The average molecular weight is 337 g/mol. The van der Waals surface area contributed by atoms with Crippen LogP contribution in [0.15, 0.2) is 45.5 Å². The van der Waals surface area contributed by atoms with Crippen molar-refractivity contribution in [2.45, 2.75) is 0 Å². The quantitative estimate of drug-likeness (QED) is 0.712. The van der Waals surface area contributed by atoms with Gasteiger partial charge in [0.15, 0.2) is 15.6 Å². The van der Waals surface area contributed by atoms with Gasteiger partial charge in [0, 0.05) is 7.05 Å². The molecule has 0 saturated heterocycles. The number of nitrogens with zero attached hydrogens (tertiary/aromatic N) is 2. The van der Waals surface area contributed by atoms with Crippen molar-refractivity contribution in [3.63, 3.8) is 0 Å². The number of carbonyl (C=O) groups excluding carboxylic acids is 1. The van der Waals surface area contributed by atoms with Gasteiger partial charge in [0.25, 0.3) is 5.91 Å². The zero-order valence-electron chi connectivity index (χ0n) is 9.96. The molecule has 0 atom stereocenters. The molecule has 0 saturated carbocycles. The molecule has 0 spiro atoms. The highest BCUT2D eigenvalue weighted by Gasteiger charge is 2.19. The van der Waals surface area contributed by atoms with E-state index in [0.29, 0.717) is 9.80 Å². The van der Waals surface area contributed by atoms with Crippen molar-refractivity contribution in [1.29, 1.82) is 0 Å². The predicted octanol–water partition coefficient (Wildman–Crippen LogP) is 3.93. The molecule has 96 valence electrons. The van der Waals surface area contributed by atoms with E-state index >= 15 is 0 Å². The third-order valence-corrected chi connectivity index (χ3v) is 4.20. The van der Waals surface area contributed by atoms with Gasteiger partial charge < -0.3 is 4.42 Å². The van der Waals surface area contributed by atoms with Crippen LogP contribution in [0, 0.1) is 0 Å². The van der Waals surface area contributed by atoms with E-state index in [1.165, 1.54) is 16.2 Å². The molecule has 0 aliphatic heterocycles. The monoisotopic (exact) mass is 336 g/mol. The van der Waals surface area contributed by atoms with E-state index < -0.39 is 0 Å². The molecular weight excluding hydrogens is 328 g/mol. The number of hydrogen-bond donors (Lipinski definition) is 0. The molecule has 0 bridgehead atoms. The number of rotatable bonds is 2. The van der Waals surface area contributed by atoms with Crippen LogP contribution in [0.25, 0.3) is 10.2 Å². The lowest BCUT2D eigenvalue weighted by Crippen LogP contribution is -2.25. The number of carbonyl (C=O) groups is 1. The largest absolute Gasteiger partial charge is 0.444 e. The Kier molecular flexibility index (Phi) is 3.12. The topological polar surface area (TPSA) is 46.3 Å². The molecule has 0 aliphatic rings. The first-order chi connectivity index (χ1) is 9.15. The van der Waals surface area contributed by atoms with E-state index in [2.05, 4.69) is 20.9 Å². The normalized spacial score (nSPS) is 10.8. The summed E-state index contributed by atoms with van der Waals surface area (Å²) in [5.74, 6) is 0.0680. The highest BCUT2D eigenvalue weighted by atomic mass is 79.9. The van der Waals surface area contributed by atoms with Gasteiger partial charge in [0.2, 0.25) is 0 Å². The first kappa shape index (κ1) is 12.4. The Morgan fingerprint density at radius 2 is 2.11 bits per heavy atom. The number of hydrogen-bond acceptors (Lipinski definition) is 4. The minimum Gasteiger partial charge on any atom is -0.444 e. The number of fused-ring (bicyclic) bond motifs is 1. The summed E-state index contributed by atoms with van der Waals surface area (Å²) < 4.78 is 6.85. The molecular formula is C13H9BrN2O2S. The summed E-state index contributed by atoms with van der Waals surface area (Å²) in [7, 11) is 1.69. The lowest BCUT2D eigenvalue weighted by Gasteiger charge is -2.11. The van der Waals surface area contributed by atoms with Gasteiger partial charge in [-0.1, -0.05) is 23.5 Å². The van der Waals surface area contributed by atoms with E-state index in [4.69, 9.17) is 4.42 Å². The molecule has 2 aromatic heterocycles. The van der Waals surface area contributed by atoms with E-state index in [9.17, 15) is 4.79 Å². The molecule has 3 aromatic rings. The molecule has 0 N–H and O–H groups in total. The second kappa shape index (κ2) is 4.79. The summed E-state index contributed by atoms with van der Waals surface area (Å²) in [6, 6.07) is 11.1. The molecule has 0 unspecified atom stereocenters. The van der Waals surface area contributed by atoms with Crippen LogP contribution in [0.3, 0.4) is 0 Å².